The molecule has 2 aromatic carbocycles. The highest BCUT2D eigenvalue weighted by atomic mass is 79.9. The molecule has 0 aliphatic rings. The van der Waals surface area contributed by atoms with Gasteiger partial charge in [-0.1, -0.05) is 44.0 Å². The third-order valence-corrected chi connectivity index (χ3v) is 5.19. The Balaban J connectivity index is 1.81. The van der Waals surface area contributed by atoms with E-state index in [1.807, 2.05) is 24.3 Å². The minimum absolute atomic E-state index is 0.0799. The zero-order valence-corrected chi connectivity index (χ0v) is 18.0. The highest BCUT2D eigenvalue weighted by Gasteiger charge is 2.35. The van der Waals surface area contributed by atoms with Gasteiger partial charge in [-0.05, 0) is 58.6 Å². The van der Waals surface area contributed by atoms with Crippen LogP contribution in [-0.4, -0.2) is 9.97 Å². The number of benzene rings is 2. The Morgan fingerprint density at radius 2 is 1.70 bits per heavy atom. The summed E-state index contributed by atoms with van der Waals surface area (Å²) < 4.78 is 40.9. The highest BCUT2D eigenvalue weighted by Crippen LogP contribution is 2.36. The summed E-state index contributed by atoms with van der Waals surface area (Å²) in [7, 11) is 0. The van der Waals surface area contributed by atoms with Gasteiger partial charge in [0, 0.05) is 16.4 Å². The number of hydrogen-bond acceptors (Lipinski definition) is 4. The lowest BCUT2D eigenvalue weighted by atomic mass is 10.1. The quantitative estimate of drug-likeness (QED) is 0.329. The normalized spacial score (nSPS) is 11.4. The zero-order chi connectivity index (χ0) is 21.6. The first kappa shape index (κ1) is 22.1. The molecule has 0 bridgehead atoms. The predicted molar refractivity (Wildman–Crippen MR) is 117 cm³/mol. The summed E-state index contributed by atoms with van der Waals surface area (Å²) in [6.45, 7) is 2.16. The third-order valence-electron chi connectivity index (χ3n) is 4.50. The molecule has 0 radical (unpaired) electrons. The van der Waals surface area contributed by atoms with E-state index in [4.69, 9.17) is 0 Å². The fourth-order valence-electron chi connectivity index (χ4n) is 2.90. The number of halogens is 4. The average molecular weight is 479 g/mol. The molecule has 1 heterocycles. The first-order valence-corrected chi connectivity index (χ1v) is 10.5. The van der Waals surface area contributed by atoms with Crippen LogP contribution in [-0.2, 0) is 12.6 Å². The number of nitrogens with zero attached hydrogens (tertiary/aromatic N) is 2. The molecule has 4 nitrogen and oxygen atoms in total. The molecular weight excluding hydrogens is 457 g/mol. The molecule has 30 heavy (non-hydrogen) atoms. The van der Waals surface area contributed by atoms with Gasteiger partial charge < -0.3 is 10.6 Å². The summed E-state index contributed by atoms with van der Waals surface area (Å²) in [6.07, 6.45) is 0.698. The van der Waals surface area contributed by atoms with E-state index in [1.54, 1.807) is 24.3 Å². The van der Waals surface area contributed by atoms with Crippen molar-refractivity contribution in [2.45, 2.75) is 38.8 Å². The maximum Gasteiger partial charge on any atom is 0.421 e. The van der Waals surface area contributed by atoms with Gasteiger partial charge in [-0.2, -0.15) is 18.2 Å². The van der Waals surface area contributed by atoms with Gasteiger partial charge in [-0.3, -0.25) is 0 Å². The summed E-state index contributed by atoms with van der Waals surface area (Å²) in [4.78, 5) is 7.93. The lowest BCUT2D eigenvalue weighted by molar-refractivity contribution is -0.137. The molecule has 3 rings (SSSR count). The molecule has 0 aliphatic carbocycles. The monoisotopic (exact) mass is 478 g/mol. The van der Waals surface area contributed by atoms with Crippen LogP contribution in [0, 0.1) is 0 Å². The Morgan fingerprint density at radius 3 is 2.37 bits per heavy atom. The van der Waals surface area contributed by atoms with Gasteiger partial charge in [0.1, 0.15) is 11.4 Å². The molecule has 3 aromatic rings. The van der Waals surface area contributed by atoms with E-state index in [2.05, 4.69) is 43.5 Å². The van der Waals surface area contributed by atoms with E-state index in [9.17, 15) is 13.2 Å². The summed E-state index contributed by atoms with van der Waals surface area (Å²) in [5, 5.41) is 5.73. The summed E-state index contributed by atoms with van der Waals surface area (Å²) in [5.41, 5.74) is 1.47. The Labute approximate surface area is 182 Å². The second kappa shape index (κ2) is 9.93. The molecule has 0 amide bonds. The van der Waals surface area contributed by atoms with Crippen molar-refractivity contribution in [3.05, 3.63) is 70.3 Å². The second-order valence-corrected chi connectivity index (χ2v) is 7.69. The van der Waals surface area contributed by atoms with Gasteiger partial charge in [0.2, 0.25) is 5.95 Å². The molecule has 8 heteroatoms. The van der Waals surface area contributed by atoms with Gasteiger partial charge >= 0.3 is 6.18 Å². The zero-order valence-electron chi connectivity index (χ0n) is 16.4. The molecule has 0 fully saturated rings. The molecule has 2 N–H and O–H groups in total. The van der Waals surface area contributed by atoms with Crippen LogP contribution >= 0.6 is 15.9 Å². The van der Waals surface area contributed by atoms with Crippen LogP contribution in [0.2, 0.25) is 0 Å². The van der Waals surface area contributed by atoms with Gasteiger partial charge in [0.25, 0.3) is 0 Å². The molecule has 0 saturated carbocycles. The molecule has 0 unspecified atom stereocenters. The minimum Gasteiger partial charge on any atom is -0.339 e. The predicted octanol–water partition coefficient (Wildman–Crippen LogP) is 7.48. The van der Waals surface area contributed by atoms with E-state index < -0.39 is 11.7 Å². The maximum absolute atomic E-state index is 13.4. The number of unbranched alkanes of at least 4 members (excludes halogenated alkanes) is 2. The van der Waals surface area contributed by atoms with Crippen molar-refractivity contribution in [1.82, 2.24) is 9.97 Å². The lowest BCUT2D eigenvalue weighted by Crippen LogP contribution is -2.12. The topological polar surface area (TPSA) is 49.8 Å². The van der Waals surface area contributed by atoms with Gasteiger partial charge in [-0.25, -0.2) is 4.98 Å². The van der Waals surface area contributed by atoms with Crippen molar-refractivity contribution in [1.29, 1.82) is 0 Å². The van der Waals surface area contributed by atoms with Crippen LogP contribution < -0.4 is 10.6 Å². The smallest absolute Gasteiger partial charge is 0.339 e. The van der Waals surface area contributed by atoms with Crippen molar-refractivity contribution in [3.63, 3.8) is 0 Å². The van der Waals surface area contributed by atoms with Crippen LogP contribution in [0.3, 0.4) is 0 Å². The molecule has 0 spiro atoms. The molecule has 0 saturated heterocycles. The number of rotatable bonds is 8. The maximum atomic E-state index is 13.4. The van der Waals surface area contributed by atoms with E-state index in [1.165, 1.54) is 18.4 Å². The number of anilines is 4. The Bertz CT molecular complexity index is 975. The van der Waals surface area contributed by atoms with Crippen LogP contribution in [0.1, 0.15) is 37.3 Å². The van der Waals surface area contributed by atoms with Crippen LogP contribution in [0.15, 0.2) is 59.2 Å². The van der Waals surface area contributed by atoms with E-state index >= 15 is 0 Å². The average Bonchev–Trinajstić information content (AvgIpc) is 2.70. The largest absolute Gasteiger partial charge is 0.421 e. The van der Waals surface area contributed by atoms with E-state index in [-0.39, 0.29) is 11.8 Å². The van der Waals surface area contributed by atoms with E-state index in [0.717, 1.165) is 19.0 Å². The molecule has 0 atom stereocenters. The number of nitrogens with one attached hydrogen (secondary N) is 2. The summed E-state index contributed by atoms with van der Waals surface area (Å²) >= 11 is 3.33. The number of hydrogen-bond donors (Lipinski definition) is 2. The van der Waals surface area contributed by atoms with Crippen molar-refractivity contribution in [3.8, 4) is 0 Å². The Kier molecular flexibility index (Phi) is 7.31. The molecule has 1 aromatic heterocycles. The molecule has 158 valence electrons. The standard InChI is InChI=1S/C22H22BrF3N4/c1-2-3-4-7-15-10-12-16(13-11-15)28-21-27-14-17(22(24,25)26)20(30-21)29-19-9-6-5-8-18(19)23/h5-6,8-14H,2-4,7H2,1H3,(H2,27,28,29,30). The molecular formula is C22H22BrF3N4. The molecule has 0 aliphatic heterocycles. The fourth-order valence-corrected chi connectivity index (χ4v) is 3.28. The van der Waals surface area contributed by atoms with E-state index in [0.29, 0.717) is 15.8 Å². The Morgan fingerprint density at radius 1 is 0.967 bits per heavy atom. The minimum atomic E-state index is -4.58. The van der Waals surface area contributed by atoms with Crippen LogP contribution in [0.25, 0.3) is 0 Å². The summed E-state index contributed by atoms with van der Waals surface area (Å²) in [5.74, 6) is -0.237. The van der Waals surface area contributed by atoms with Gasteiger partial charge in [0.05, 0.1) is 5.69 Å². The SMILES string of the molecule is CCCCCc1ccc(Nc2ncc(C(F)(F)F)c(Nc3ccccc3Br)n2)cc1. The Hall–Kier alpha value is -2.61. The number of aryl methyl sites for hydroxylation is 1. The third kappa shape index (κ3) is 5.95. The number of para-hydroxylation sites is 1. The van der Waals surface area contributed by atoms with Crippen molar-refractivity contribution in [2.75, 3.05) is 10.6 Å². The van der Waals surface area contributed by atoms with Crippen molar-refractivity contribution < 1.29 is 13.2 Å². The fraction of sp³-hybridized carbons (Fsp3) is 0.273. The second-order valence-electron chi connectivity index (χ2n) is 6.84. The summed E-state index contributed by atoms with van der Waals surface area (Å²) in [6, 6.07) is 14.7. The van der Waals surface area contributed by atoms with Crippen molar-refractivity contribution in [2.24, 2.45) is 0 Å². The van der Waals surface area contributed by atoms with Gasteiger partial charge in [-0.15, -0.1) is 0 Å². The van der Waals surface area contributed by atoms with Crippen LogP contribution in [0.5, 0.6) is 0 Å². The van der Waals surface area contributed by atoms with Crippen LogP contribution in [0.4, 0.5) is 36.3 Å². The highest BCUT2D eigenvalue weighted by molar-refractivity contribution is 9.10. The first-order chi connectivity index (χ1) is 14.4. The van der Waals surface area contributed by atoms with Gasteiger partial charge in [0.15, 0.2) is 0 Å². The first-order valence-electron chi connectivity index (χ1n) is 9.68. The number of aromatic nitrogens is 2. The number of alkyl halides is 3. The van der Waals surface area contributed by atoms with Crippen molar-refractivity contribution >= 4 is 39.1 Å². The lowest BCUT2D eigenvalue weighted by Gasteiger charge is -2.15.